The van der Waals surface area contributed by atoms with Crippen LogP contribution >= 0.6 is 56.9 Å². The third-order valence-corrected chi connectivity index (χ3v) is 29.8. The lowest BCUT2D eigenvalue weighted by molar-refractivity contribution is 0.0985. The number of fused-ring (bicyclic) bond motifs is 3. The van der Waals surface area contributed by atoms with Gasteiger partial charge in [0.15, 0.2) is 40.3 Å². The largest absolute Gasteiger partial charge is 0.507 e. The van der Waals surface area contributed by atoms with Crippen molar-refractivity contribution >= 4 is 160 Å². The Kier molecular flexibility index (Phi) is 25.6. The van der Waals surface area contributed by atoms with Crippen molar-refractivity contribution in [2.45, 2.75) is 143 Å². The summed E-state index contributed by atoms with van der Waals surface area (Å²) in [6.07, 6.45) is 2.04. The number of nitrogens with one attached hydrogen (secondary N) is 5. The first kappa shape index (κ1) is 87.0. The molecule has 2 aliphatic rings. The average Bonchev–Trinajstić information content (AvgIpc) is 1.62. The Morgan fingerprint density at radius 2 is 0.933 bits per heavy atom. The molecular weight excluding hydrogens is 1720 g/mol. The van der Waals surface area contributed by atoms with Crippen LogP contribution in [0.2, 0.25) is 5.02 Å². The van der Waals surface area contributed by atoms with E-state index in [0.717, 1.165) is 77.7 Å². The van der Waals surface area contributed by atoms with E-state index in [-0.39, 0.29) is 112 Å². The summed E-state index contributed by atoms with van der Waals surface area (Å²) in [7, 11) is -16.2. The molecule has 31 nitrogen and oxygen atoms in total. The Hall–Kier alpha value is -11.3. The Balaban J connectivity index is 0.000000146. The summed E-state index contributed by atoms with van der Waals surface area (Å²) in [5, 5.41) is 32.4. The number of thiophene rings is 4. The van der Waals surface area contributed by atoms with Gasteiger partial charge >= 0.3 is 0 Å². The fourth-order valence-corrected chi connectivity index (χ4v) is 22.7. The SMILES string of the molecule is CC(=O)c1cc(C)cc(C)c1NC(=O)c1sccc1S(=O)(=O)Nc1onc(C)c1Cl.Cc1cc(C)c(CC(=O)c2sccc2S(=O)(=O)Nc2onc(C)c2C)c(C)c1O.Cc1cc2c(cc1CC(=O)c1sccc1S(=O)(=O)Nc1onc(C)c1C)OCO2.Cc1cc2c(cc1Cc1sc3cccnc3c1S(=O)(=O)Nc1onc(C)c1C)OCO2. The molecular formula is C79H77ClN10O21S8. The first-order chi connectivity index (χ1) is 56.1. The lowest BCUT2D eigenvalue weighted by Crippen LogP contribution is -2.19. The number of pyridine rings is 1. The molecule has 0 spiro atoms. The highest BCUT2D eigenvalue weighted by Gasteiger charge is 2.34. The number of Topliss-reactive ketones (excluding diaryl/α,β-unsaturated/α-hetero) is 3. The molecule has 11 heterocycles. The second-order valence-electron chi connectivity index (χ2n) is 27.7. The van der Waals surface area contributed by atoms with Gasteiger partial charge in [-0.25, -0.2) is 52.6 Å². The van der Waals surface area contributed by atoms with E-state index in [9.17, 15) is 58.0 Å². The molecule has 0 aliphatic carbocycles. The number of aromatic nitrogens is 5. The zero-order valence-electron chi connectivity index (χ0n) is 66.3. The molecule has 6 N–H and O–H groups in total. The third-order valence-electron chi connectivity index (χ3n) is 19.3. The van der Waals surface area contributed by atoms with E-state index in [1.807, 2.05) is 64.1 Å². The number of hydrogen-bond donors (Lipinski definition) is 6. The van der Waals surface area contributed by atoms with Gasteiger partial charge in [0.25, 0.3) is 51.9 Å². The number of ketones is 3. The normalized spacial score (nSPS) is 12.3. The Morgan fingerprint density at radius 1 is 0.487 bits per heavy atom. The molecule has 0 radical (unpaired) electrons. The number of carbonyl (C=O) groups excluding carboxylic acids is 4. The standard InChI is InChI=1S/C21H19N3O5S2.C20H22N2O5S2.C19H18ClN3O5S2.C19H18N2O6S2/c1-11-7-15-16(28-10-27-15)8-14(11)9-18-20(19-17(30-18)5-4-6-22-19)31(25,26)24-21-12(2)13(3)23-29-21;1-10-8-11(2)18(24)13(4)15(10)9-16(23)19-17(6-7-28-19)29(25,26)22-20-12(3)14(5)21-27-20;1-9-7-10(2)16(13(8-9)12(4)24)21-18(25)17-14(5-6-29-17)30(26,27)23-19-15(20)11(3)22-28-19;1-10-6-15-16(26-9-25-15)8-13(10)7-14(22)18-17(4-5-28-18)29(23,24)21-19-11(2)12(3)20-27-19/h4-8,24H,9-10H2,1-3H3;6-8,22,24H,9H2,1-5H3;5-8,23H,1-4H3,(H,21,25);4-6,8,21H,7,9H2,1-3H3. The maximum absolute atomic E-state index is 13.4. The van der Waals surface area contributed by atoms with Gasteiger partial charge in [-0.1, -0.05) is 44.4 Å². The van der Waals surface area contributed by atoms with E-state index in [4.69, 9.17) is 48.6 Å². The Bertz CT molecular complexity index is 6690. The highest BCUT2D eigenvalue weighted by Crippen LogP contribution is 2.42. The molecule has 4 aromatic carbocycles. The van der Waals surface area contributed by atoms with Crippen molar-refractivity contribution < 1.29 is 95.0 Å². The fourth-order valence-electron chi connectivity index (χ4n) is 12.4. The number of carbonyl (C=O) groups is 4. The summed E-state index contributed by atoms with van der Waals surface area (Å²) in [5.41, 5.74) is 13.1. The first-order valence-electron chi connectivity index (χ1n) is 35.8. The van der Waals surface area contributed by atoms with Crippen LogP contribution in [-0.4, -0.2) is 101 Å². The van der Waals surface area contributed by atoms with Gasteiger partial charge in [-0.3, -0.25) is 24.2 Å². The van der Waals surface area contributed by atoms with Crippen LogP contribution in [0.25, 0.3) is 10.2 Å². The number of benzene rings is 4. The number of aromatic hydroxyl groups is 1. The minimum atomic E-state index is -4.18. The monoisotopic (exact) mass is 1790 g/mol. The van der Waals surface area contributed by atoms with Crippen molar-refractivity contribution in [2.75, 3.05) is 37.8 Å². The summed E-state index contributed by atoms with van der Waals surface area (Å²) in [6.45, 7) is 26.5. The van der Waals surface area contributed by atoms with Gasteiger partial charge in [-0.2, -0.15) is 0 Å². The van der Waals surface area contributed by atoms with Crippen LogP contribution < -0.4 is 43.2 Å². The van der Waals surface area contributed by atoms with Crippen LogP contribution in [0.15, 0.2) is 133 Å². The highest BCUT2D eigenvalue weighted by molar-refractivity contribution is 7.94. The lowest BCUT2D eigenvalue weighted by Gasteiger charge is -2.14. The van der Waals surface area contributed by atoms with Crippen LogP contribution in [0.3, 0.4) is 0 Å². The van der Waals surface area contributed by atoms with Gasteiger partial charge in [0.2, 0.25) is 31.2 Å². The van der Waals surface area contributed by atoms with E-state index >= 15 is 0 Å². The maximum Gasteiger partial charge on any atom is 0.267 e. The zero-order chi connectivity index (χ0) is 86.2. The van der Waals surface area contributed by atoms with Crippen LogP contribution in [0.5, 0.6) is 28.7 Å². The molecule has 0 saturated heterocycles. The average molecular weight is 1790 g/mol. The topological polar surface area (TPSA) is 439 Å². The van der Waals surface area contributed by atoms with Gasteiger partial charge in [0.1, 0.15) is 46.4 Å². The van der Waals surface area contributed by atoms with Gasteiger partial charge in [0.05, 0.1) is 37.2 Å². The highest BCUT2D eigenvalue weighted by atomic mass is 35.5. The van der Waals surface area contributed by atoms with Gasteiger partial charge in [0, 0.05) is 52.6 Å². The molecule has 624 valence electrons. The summed E-state index contributed by atoms with van der Waals surface area (Å²) in [5.74, 6) is 1.17. The summed E-state index contributed by atoms with van der Waals surface area (Å²) < 4.78 is 156. The second kappa shape index (κ2) is 34.9. The number of halogens is 1. The van der Waals surface area contributed by atoms with Gasteiger partial charge in [-0.05, 0) is 236 Å². The molecule has 0 unspecified atom stereocenters. The predicted molar refractivity (Wildman–Crippen MR) is 450 cm³/mol. The number of nitrogens with zero attached hydrogens (tertiary/aromatic N) is 5. The number of ether oxygens (including phenoxy) is 4. The van der Waals surface area contributed by atoms with Crippen molar-refractivity contribution in [3.63, 3.8) is 0 Å². The van der Waals surface area contributed by atoms with E-state index in [1.54, 1.807) is 104 Å². The maximum atomic E-state index is 13.4. The number of amides is 1. The fraction of sp³-hybridized carbons (Fsp3) is 0.253. The number of phenolic OH excluding ortho intramolecular Hbond substituents is 1. The molecule has 1 amide bonds. The predicted octanol–water partition coefficient (Wildman–Crippen LogP) is 16.7. The summed E-state index contributed by atoms with van der Waals surface area (Å²) >= 11 is 10.5. The number of hydrogen-bond acceptors (Lipinski definition) is 30. The number of aryl methyl sites for hydroxylation is 10. The van der Waals surface area contributed by atoms with Crippen LogP contribution in [-0.2, 0) is 59.4 Å². The molecule has 13 aromatic rings. The number of anilines is 5. The zero-order valence-corrected chi connectivity index (χ0v) is 73.6. The molecule has 0 saturated carbocycles. The molecule has 9 aromatic heterocycles. The minimum Gasteiger partial charge on any atom is -0.507 e. The summed E-state index contributed by atoms with van der Waals surface area (Å²) in [4.78, 5) is 55.8. The molecule has 0 fully saturated rings. The molecule has 15 rings (SSSR count). The van der Waals surface area contributed by atoms with E-state index in [2.05, 4.69) is 49.8 Å². The Labute approximate surface area is 704 Å². The smallest absolute Gasteiger partial charge is 0.267 e. The Morgan fingerprint density at radius 3 is 1.42 bits per heavy atom. The molecule has 0 atom stereocenters. The molecule has 40 heteroatoms. The van der Waals surface area contributed by atoms with Crippen molar-refractivity contribution in [3.8, 4) is 28.7 Å². The van der Waals surface area contributed by atoms with E-state index < -0.39 is 46.0 Å². The van der Waals surface area contributed by atoms with Crippen LogP contribution in [0, 0.1) is 96.9 Å². The van der Waals surface area contributed by atoms with Crippen molar-refractivity contribution in [1.29, 1.82) is 0 Å². The van der Waals surface area contributed by atoms with Crippen molar-refractivity contribution in [3.05, 3.63) is 220 Å². The second-order valence-corrected chi connectivity index (χ2v) is 38.5. The molecule has 119 heavy (non-hydrogen) atoms. The minimum absolute atomic E-state index is 0.00498. The van der Waals surface area contributed by atoms with Crippen molar-refractivity contribution in [1.82, 2.24) is 25.6 Å². The van der Waals surface area contributed by atoms with Gasteiger partial charge in [-0.15, -0.1) is 45.3 Å². The van der Waals surface area contributed by atoms with E-state index in [1.165, 1.54) is 41.8 Å². The van der Waals surface area contributed by atoms with Gasteiger partial charge < -0.3 is 47.5 Å². The number of rotatable bonds is 23. The third kappa shape index (κ3) is 18.8. The number of sulfonamides is 4. The van der Waals surface area contributed by atoms with E-state index in [0.29, 0.717) is 107 Å². The van der Waals surface area contributed by atoms with Crippen molar-refractivity contribution in [2.24, 2.45) is 0 Å². The first-order valence-corrected chi connectivity index (χ1v) is 45.6. The van der Waals surface area contributed by atoms with Crippen LogP contribution in [0.1, 0.15) is 146 Å². The lowest BCUT2D eigenvalue weighted by atomic mass is 9.94. The number of phenols is 1. The molecule has 0 bridgehead atoms. The quantitative estimate of drug-likeness (QED) is 0.0324. The van der Waals surface area contributed by atoms with Crippen LogP contribution in [0.4, 0.5) is 29.2 Å². The molecule has 2 aliphatic heterocycles. The summed E-state index contributed by atoms with van der Waals surface area (Å²) in [6, 6.07) is 20.5.